The third-order valence-corrected chi connectivity index (χ3v) is 3.87. The van der Waals surface area contributed by atoms with Gasteiger partial charge in [0, 0.05) is 22.6 Å². The number of nitrogens with two attached hydrogens (primary N) is 1. The summed E-state index contributed by atoms with van der Waals surface area (Å²) in [6, 6.07) is 4.84. The minimum absolute atomic E-state index is 0.0657. The molecule has 0 aliphatic rings. The Morgan fingerprint density at radius 2 is 2.27 bits per heavy atom. The van der Waals surface area contributed by atoms with Crippen molar-refractivity contribution < 1.29 is 9.76 Å². The van der Waals surface area contributed by atoms with E-state index >= 15 is 0 Å². The molecule has 0 aliphatic heterocycles. The molecule has 0 amide bonds. The second-order valence-electron chi connectivity index (χ2n) is 4.71. The molecule has 2 N–H and O–H groups in total. The van der Waals surface area contributed by atoms with Gasteiger partial charge in [0.15, 0.2) is 0 Å². The molecule has 8 heteroatoms. The lowest BCUT2D eigenvalue weighted by atomic mass is 10.1. The number of nitro benzene ring substituents is 1. The van der Waals surface area contributed by atoms with Crippen molar-refractivity contribution in [2.24, 2.45) is 10.9 Å². The molecule has 0 aliphatic carbocycles. The summed E-state index contributed by atoms with van der Waals surface area (Å²) < 4.78 is 0. The van der Waals surface area contributed by atoms with Crippen molar-refractivity contribution in [1.29, 1.82) is 0 Å². The van der Waals surface area contributed by atoms with Crippen LogP contribution in [0, 0.1) is 24.0 Å². The predicted molar refractivity (Wildman–Crippen MR) is 84.8 cm³/mol. The molecule has 22 heavy (non-hydrogen) atoms. The van der Waals surface area contributed by atoms with Gasteiger partial charge >= 0.3 is 0 Å². The van der Waals surface area contributed by atoms with Gasteiger partial charge in [-0.05, 0) is 13.8 Å². The Kier molecular flexibility index (Phi) is 5.05. The Bertz CT molecular complexity index is 712. The number of aryl methyl sites for hydroxylation is 1. The minimum Gasteiger partial charge on any atom is -0.389 e. The average molecular weight is 320 g/mol. The van der Waals surface area contributed by atoms with E-state index < -0.39 is 4.92 Å². The first-order chi connectivity index (χ1) is 10.5. The van der Waals surface area contributed by atoms with Gasteiger partial charge in [-0.2, -0.15) is 0 Å². The Hall–Kier alpha value is -2.48. The van der Waals surface area contributed by atoms with E-state index in [0.29, 0.717) is 23.4 Å². The zero-order valence-electron chi connectivity index (χ0n) is 12.3. The zero-order chi connectivity index (χ0) is 16.1. The quantitative estimate of drug-likeness (QED) is 0.381. The maximum atomic E-state index is 10.9. The second kappa shape index (κ2) is 6.99. The van der Waals surface area contributed by atoms with E-state index in [1.165, 1.54) is 6.07 Å². The lowest BCUT2D eigenvalue weighted by molar-refractivity contribution is -0.385. The number of nitro groups is 1. The van der Waals surface area contributed by atoms with Gasteiger partial charge in [-0.25, -0.2) is 4.98 Å². The molecule has 0 saturated heterocycles. The van der Waals surface area contributed by atoms with Gasteiger partial charge in [0.2, 0.25) is 0 Å². The number of hydrogen-bond acceptors (Lipinski definition) is 6. The fourth-order valence-electron chi connectivity index (χ4n) is 1.92. The molecule has 0 saturated carbocycles. The highest BCUT2D eigenvalue weighted by Gasteiger charge is 2.13. The molecule has 2 rings (SSSR count). The molecule has 1 aromatic carbocycles. The lowest BCUT2D eigenvalue weighted by Crippen LogP contribution is -2.15. The van der Waals surface area contributed by atoms with Crippen molar-refractivity contribution in [2.45, 2.75) is 26.9 Å². The molecular formula is C14H16N4O3S. The fraction of sp³-hybridized carbons (Fsp3) is 0.286. The summed E-state index contributed by atoms with van der Waals surface area (Å²) in [5, 5.41) is 17.6. The molecule has 0 unspecified atom stereocenters. The standard InChI is InChI=1S/C14H16N4O3S/c1-9-11(4-3-5-13(9)18(19)20)7-21-17-14(15)6-12-8-22-10(2)16-12/h3-5,8H,6-7H2,1-2H3,(H2,15,17). The van der Waals surface area contributed by atoms with Gasteiger partial charge in [0.05, 0.1) is 22.0 Å². The van der Waals surface area contributed by atoms with Gasteiger partial charge in [0.25, 0.3) is 5.69 Å². The van der Waals surface area contributed by atoms with Crippen LogP contribution in [0.2, 0.25) is 0 Å². The predicted octanol–water partition coefficient (Wildman–Crippen LogP) is 2.70. The van der Waals surface area contributed by atoms with Gasteiger partial charge in [0.1, 0.15) is 12.4 Å². The maximum absolute atomic E-state index is 10.9. The Morgan fingerprint density at radius 3 is 2.91 bits per heavy atom. The summed E-state index contributed by atoms with van der Waals surface area (Å²) in [5.41, 5.74) is 7.96. The number of thiazole rings is 1. The van der Waals surface area contributed by atoms with Crippen molar-refractivity contribution in [3.63, 3.8) is 0 Å². The van der Waals surface area contributed by atoms with Crippen LogP contribution in [-0.2, 0) is 17.9 Å². The molecule has 0 radical (unpaired) electrons. The molecule has 2 aromatic rings. The average Bonchev–Trinajstić information content (AvgIpc) is 2.85. The van der Waals surface area contributed by atoms with Crippen LogP contribution in [0.4, 0.5) is 5.69 Å². The minimum atomic E-state index is -0.416. The zero-order valence-corrected chi connectivity index (χ0v) is 13.1. The first-order valence-corrected chi connectivity index (χ1v) is 7.43. The molecule has 7 nitrogen and oxygen atoms in total. The molecule has 1 aromatic heterocycles. The fourth-order valence-corrected chi connectivity index (χ4v) is 2.53. The molecule has 116 valence electrons. The first kappa shape index (κ1) is 15.9. The third-order valence-electron chi connectivity index (χ3n) is 3.04. The van der Waals surface area contributed by atoms with Crippen LogP contribution in [-0.4, -0.2) is 15.7 Å². The van der Waals surface area contributed by atoms with Crippen molar-refractivity contribution in [2.75, 3.05) is 0 Å². The van der Waals surface area contributed by atoms with E-state index in [2.05, 4.69) is 10.1 Å². The van der Waals surface area contributed by atoms with E-state index in [-0.39, 0.29) is 12.3 Å². The largest absolute Gasteiger partial charge is 0.389 e. The normalized spacial score (nSPS) is 11.5. The van der Waals surface area contributed by atoms with Gasteiger partial charge in [-0.3, -0.25) is 10.1 Å². The van der Waals surface area contributed by atoms with Crippen molar-refractivity contribution >= 4 is 22.9 Å². The highest BCUT2D eigenvalue weighted by Crippen LogP contribution is 2.21. The molecule has 0 bridgehead atoms. The van der Waals surface area contributed by atoms with Crippen molar-refractivity contribution in [1.82, 2.24) is 4.98 Å². The Morgan fingerprint density at radius 1 is 1.50 bits per heavy atom. The number of nitrogens with zero attached hydrogens (tertiary/aromatic N) is 3. The summed E-state index contributed by atoms with van der Waals surface area (Å²) in [6.07, 6.45) is 0.415. The lowest BCUT2D eigenvalue weighted by Gasteiger charge is -2.05. The molecule has 0 fully saturated rings. The van der Waals surface area contributed by atoms with Crippen LogP contribution in [0.15, 0.2) is 28.7 Å². The number of rotatable bonds is 6. The highest BCUT2D eigenvalue weighted by atomic mass is 32.1. The number of aromatic nitrogens is 1. The van der Waals surface area contributed by atoms with E-state index in [1.54, 1.807) is 30.4 Å². The first-order valence-electron chi connectivity index (χ1n) is 6.55. The highest BCUT2D eigenvalue weighted by molar-refractivity contribution is 7.09. The van der Waals surface area contributed by atoms with Crippen LogP contribution >= 0.6 is 11.3 Å². The second-order valence-corrected chi connectivity index (χ2v) is 5.77. The van der Waals surface area contributed by atoms with E-state index in [4.69, 9.17) is 10.6 Å². The van der Waals surface area contributed by atoms with E-state index in [0.717, 1.165) is 10.7 Å². The van der Waals surface area contributed by atoms with E-state index in [1.807, 2.05) is 12.3 Å². The van der Waals surface area contributed by atoms with Crippen LogP contribution in [0.5, 0.6) is 0 Å². The van der Waals surface area contributed by atoms with Crippen LogP contribution in [0.25, 0.3) is 0 Å². The molecular weight excluding hydrogens is 304 g/mol. The summed E-state index contributed by atoms with van der Waals surface area (Å²) in [5.74, 6) is 0.313. The summed E-state index contributed by atoms with van der Waals surface area (Å²) in [4.78, 5) is 19.9. The molecule has 0 spiro atoms. The summed E-state index contributed by atoms with van der Waals surface area (Å²) >= 11 is 1.55. The van der Waals surface area contributed by atoms with Crippen LogP contribution < -0.4 is 5.73 Å². The van der Waals surface area contributed by atoms with Gasteiger partial charge in [-0.15, -0.1) is 11.3 Å². The molecule has 0 atom stereocenters. The Labute approximate surface area is 131 Å². The van der Waals surface area contributed by atoms with Crippen LogP contribution in [0.3, 0.4) is 0 Å². The summed E-state index contributed by atoms with van der Waals surface area (Å²) in [7, 11) is 0. The number of hydrogen-bond donors (Lipinski definition) is 1. The summed E-state index contributed by atoms with van der Waals surface area (Å²) in [6.45, 7) is 3.73. The maximum Gasteiger partial charge on any atom is 0.272 e. The van der Waals surface area contributed by atoms with Crippen molar-refractivity contribution in [3.8, 4) is 0 Å². The number of oxime groups is 1. The van der Waals surface area contributed by atoms with Gasteiger partial charge in [-0.1, -0.05) is 17.3 Å². The number of amidine groups is 1. The van der Waals surface area contributed by atoms with Gasteiger partial charge < -0.3 is 10.6 Å². The topological polar surface area (TPSA) is 104 Å². The Balaban J connectivity index is 1.97. The monoisotopic (exact) mass is 320 g/mol. The smallest absolute Gasteiger partial charge is 0.272 e. The van der Waals surface area contributed by atoms with Crippen molar-refractivity contribution in [3.05, 3.63) is 55.5 Å². The SMILES string of the molecule is Cc1nc(C/C(N)=N/OCc2cccc([N+](=O)[O-])c2C)cs1. The number of benzene rings is 1. The third kappa shape index (κ3) is 4.01. The van der Waals surface area contributed by atoms with Crippen LogP contribution in [0.1, 0.15) is 21.8 Å². The van der Waals surface area contributed by atoms with E-state index in [9.17, 15) is 10.1 Å². The molecule has 1 heterocycles.